The van der Waals surface area contributed by atoms with E-state index in [0.29, 0.717) is 24.9 Å². The molecule has 0 radical (unpaired) electrons. The van der Waals surface area contributed by atoms with Crippen LogP contribution in [-0.2, 0) is 17.8 Å². The van der Waals surface area contributed by atoms with Gasteiger partial charge in [-0.05, 0) is 49.1 Å². The topological polar surface area (TPSA) is 61.4 Å². The molecule has 0 spiro atoms. The van der Waals surface area contributed by atoms with E-state index in [9.17, 15) is 9.59 Å². The van der Waals surface area contributed by atoms with Crippen molar-refractivity contribution in [2.45, 2.75) is 77.3 Å². The summed E-state index contributed by atoms with van der Waals surface area (Å²) in [6.07, 6.45) is 9.40. The first-order valence-electron chi connectivity index (χ1n) is 11.0. The maximum absolute atomic E-state index is 12.4. The summed E-state index contributed by atoms with van der Waals surface area (Å²) < 4.78 is 0. The molecule has 1 saturated heterocycles. The second-order valence-electron chi connectivity index (χ2n) is 8.37. The number of carbonyl (C=O) groups excluding carboxylic acids is 2. The number of amides is 3. The molecule has 154 valence electrons. The Labute approximate surface area is 169 Å². The van der Waals surface area contributed by atoms with Crippen LogP contribution in [0.25, 0.3) is 0 Å². The number of nitrogens with zero attached hydrogens (tertiary/aromatic N) is 1. The van der Waals surface area contributed by atoms with Gasteiger partial charge in [0.1, 0.15) is 0 Å². The van der Waals surface area contributed by atoms with Crippen molar-refractivity contribution in [2.75, 3.05) is 13.1 Å². The molecule has 0 aromatic heterocycles. The fourth-order valence-corrected chi connectivity index (χ4v) is 4.28. The number of benzene rings is 1. The standard InChI is InChI=1S/C23H35N3O2/c1-2-18-8-10-20(11-9-18)17-24-22(27)16-19-12-14-26(15-13-19)23(28)25-21-6-4-3-5-7-21/h8-11,19,21H,2-7,12-17H2,1H3,(H,24,27)(H,25,28). The normalized spacial score (nSPS) is 18.7. The highest BCUT2D eigenvalue weighted by molar-refractivity contribution is 5.76. The van der Waals surface area contributed by atoms with Gasteiger partial charge in [0.05, 0.1) is 0 Å². The van der Waals surface area contributed by atoms with Gasteiger partial charge in [-0.2, -0.15) is 0 Å². The number of nitrogens with one attached hydrogen (secondary N) is 2. The van der Waals surface area contributed by atoms with Crippen molar-refractivity contribution in [2.24, 2.45) is 5.92 Å². The third-order valence-corrected chi connectivity index (χ3v) is 6.23. The Bertz CT molecular complexity index is 630. The van der Waals surface area contributed by atoms with Gasteiger partial charge in [0.25, 0.3) is 0 Å². The van der Waals surface area contributed by atoms with E-state index in [0.717, 1.165) is 50.8 Å². The molecule has 28 heavy (non-hydrogen) atoms. The zero-order valence-corrected chi connectivity index (χ0v) is 17.2. The highest BCUT2D eigenvalue weighted by atomic mass is 16.2. The van der Waals surface area contributed by atoms with Gasteiger partial charge in [-0.1, -0.05) is 50.5 Å². The molecule has 3 rings (SSSR count). The monoisotopic (exact) mass is 385 g/mol. The molecule has 2 fully saturated rings. The fraction of sp³-hybridized carbons (Fsp3) is 0.652. The summed E-state index contributed by atoms with van der Waals surface area (Å²) in [6, 6.07) is 8.86. The smallest absolute Gasteiger partial charge is 0.317 e. The molecule has 1 aromatic rings. The second kappa shape index (κ2) is 10.5. The predicted octanol–water partition coefficient (Wildman–Crippen LogP) is 4.01. The van der Waals surface area contributed by atoms with Crippen LogP contribution in [0.4, 0.5) is 4.79 Å². The van der Waals surface area contributed by atoms with E-state index in [2.05, 4.69) is 41.8 Å². The van der Waals surface area contributed by atoms with Crippen LogP contribution < -0.4 is 10.6 Å². The third-order valence-electron chi connectivity index (χ3n) is 6.23. The van der Waals surface area contributed by atoms with E-state index < -0.39 is 0 Å². The lowest BCUT2D eigenvalue weighted by molar-refractivity contribution is -0.122. The predicted molar refractivity (Wildman–Crippen MR) is 112 cm³/mol. The molecule has 1 saturated carbocycles. The molecule has 0 unspecified atom stereocenters. The molecular weight excluding hydrogens is 350 g/mol. The summed E-state index contributed by atoms with van der Waals surface area (Å²) in [5, 5.41) is 6.24. The molecule has 1 heterocycles. The van der Waals surface area contributed by atoms with Gasteiger partial charge >= 0.3 is 6.03 Å². The summed E-state index contributed by atoms with van der Waals surface area (Å²) in [5.74, 6) is 0.492. The Morgan fingerprint density at radius 1 is 0.964 bits per heavy atom. The van der Waals surface area contributed by atoms with E-state index in [1.165, 1.54) is 24.8 Å². The van der Waals surface area contributed by atoms with Crippen LogP contribution in [0.15, 0.2) is 24.3 Å². The molecule has 1 aliphatic heterocycles. The van der Waals surface area contributed by atoms with Crippen molar-refractivity contribution in [3.63, 3.8) is 0 Å². The first-order chi connectivity index (χ1) is 13.6. The molecule has 0 bridgehead atoms. The quantitative estimate of drug-likeness (QED) is 0.777. The minimum atomic E-state index is 0.0883. The number of rotatable bonds is 6. The van der Waals surface area contributed by atoms with Crippen molar-refractivity contribution < 1.29 is 9.59 Å². The molecule has 5 heteroatoms. The van der Waals surface area contributed by atoms with Gasteiger partial charge in [-0.15, -0.1) is 0 Å². The molecule has 5 nitrogen and oxygen atoms in total. The lowest BCUT2D eigenvalue weighted by atomic mass is 9.93. The SMILES string of the molecule is CCc1ccc(CNC(=O)CC2CCN(C(=O)NC3CCCCC3)CC2)cc1. The summed E-state index contributed by atoms with van der Waals surface area (Å²) in [4.78, 5) is 26.6. The number of hydrogen-bond acceptors (Lipinski definition) is 2. The van der Waals surface area contributed by atoms with Gasteiger partial charge in [-0.25, -0.2) is 4.79 Å². The maximum Gasteiger partial charge on any atom is 0.317 e. The molecule has 1 aromatic carbocycles. The Balaban J connectivity index is 1.33. The third kappa shape index (κ3) is 6.25. The zero-order chi connectivity index (χ0) is 19.8. The van der Waals surface area contributed by atoms with Crippen LogP contribution >= 0.6 is 0 Å². The minimum Gasteiger partial charge on any atom is -0.352 e. The highest BCUT2D eigenvalue weighted by Crippen LogP contribution is 2.22. The average Bonchev–Trinajstić information content (AvgIpc) is 2.74. The van der Waals surface area contributed by atoms with Crippen molar-refractivity contribution in [1.82, 2.24) is 15.5 Å². The molecule has 1 aliphatic carbocycles. The lowest BCUT2D eigenvalue weighted by Crippen LogP contribution is -2.48. The number of carbonyl (C=O) groups is 2. The number of piperidine rings is 1. The Morgan fingerprint density at radius 3 is 2.25 bits per heavy atom. The second-order valence-corrected chi connectivity index (χ2v) is 8.37. The number of urea groups is 1. The van der Waals surface area contributed by atoms with Crippen LogP contribution in [0.1, 0.15) is 69.4 Å². The Kier molecular flexibility index (Phi) is 7.75. The molecule has 2 aliphatic rings. The Morgan fingerprint density at radius 2 is 1.61 bits per heavy atom. The largest absolute Gasteiger partial charge is 0.352 e. The van der Waals surface area contributed by atoms with Gasteiger partial charge < -0.3 is 15.5 Å². The van der Waals surface area contributed by atoms with Gasteiger partial charge in [-0.3, -0.25) is 4.79 Å². The van der Waals surface area contributed by atoms with Crippen LogP contribution in [0.2, 0.25) is 0 Å². The van der Waals surface area contributed by atoms with Crippen LogP contribution in [0.5, 0.6) is 0 Å². The highest BCUT2D eigenvalue weighted by Gasteiger charge is 2.26. The molecule has 0 atom stereocenters. The molecular formula is C23H35N3O2. The van der Waals surface area contributed by atoms with Crippen LogP contribution in [0, 0.1) is 5.92 Å². The van der Waals surface area contributed by atoms with Crippen molar-refractivity contribution in [3.8, 4) is 0 Å². The van der Waals surface area contributed by atoms with Crippen LogP contribution in [-0.4, -0.2) is 36.0 Å². The Hall–Kier alpha value is -2.04. The van der Waals surface area contributed by atoms with E-state index >= 15 is 0 Å². The summed E-state index contributed by atoms with van der Waals surface area (Å²) in [7, 11) is 0. The maximum atomic E-state index is 12.4. The summed E-state index contributed by atoms with van der Waals surface area (Å²) >= 11 is 0. The van der Waals surface area contributed by atoms with Crippen molar-refractivity contribution >= 4 is 11.9 Å². The first-order valence-corrected chi connectivity index (χ1v) is 11.0. The van der Waals surface area contributed by atoms with Gasteiger partial charge in [0.15, 0.2) is 0 Å². The fourth-order valence-electron chi connectivity index (χ4n) is 4.28. The van der Waals surface area contributed by atoms with E-state index in [1.807, 2.05) is 4.90 Å². The molecule has 3 amide bonds. The van der Waals surface area contributed by atoms with E-state index in [1.54, 1.807) is 0 Å². The summed E-state index contributed by atoms with van der Waals surface area (Å²) in [6.45, 7) is 4.25. The number of hydrogen-bond donors (Lipinski definition) is 2. The van der Waals surface area contributed by atoms with Gasteiger partial charge in [0, 0.05) is 32.1 Å². The van der Waals surface area contributed by atoms with Crippen molar-refractivity contribution in [3.05, 3.63) is 35.4 Å². The first kappa shape index (κ1) is 20.7. The lowest BCUT2D eigenvalue weighted by Gasteiger charge is -2.33. The van der Waals surface area contributed by atoms with E-state index in [-0.39, 0.29) is 11.9 Å². The minimum absolute atomic E-state index is 0.0883. The molecule has 2 N–H and O–H groups in total. The zero-order valence-electron chi connectivity index (χ0n) is 17.2. The number of likely N-dealkylation sites (tertiary alicyclic amines) is 1. The van der Waals surface area contributed by atoms with Gasteiger partial charge in [0.2, 0.25) is 5.91 Å². The summed E-state index contributed by atoms with van der Waals surface area (Å²) in [5.41, 5.74) is 2.45. The van der Waals surface area contributed by atoms with Crippen molar-refractivity contribution in [1.29, 1.82) is 0 Å². The number of aryl methyl sites for hydroxylation is 1. The van der Waals surface area contributed by atoms with Crippen LogP contribution in [0.3, 0.4) is 0 Å². The van der Waals surface area contributed by atoms with E-state index in [4.69, 9.17) is 0 Å². The average molecular weight is 386 g/mol.